The molecule has 1 aromatic heterocycles. The lowest BCUT2D eigenvalue weighted by Gasteiger charge is -2.29. The molecule has 146 valence electrons. The fourth-order valence-corrected chi connectivity index (χ4v) is 4.52. The third-order valence-electron chi connectivity index (χ3n) is 5.15. The van der Waals surface area contributed by atoms with E-state index >= 15 is 0 Å². The van der Waals surface area contributed by atoms with Gasteiger partial charge < -0.3 is 19.5 Å². The molecule has 2 atom stereocenters. The quantitative estimate of drug-likeness (QED) is 0.753. The zero-order valence-corrected chi connectivity index (χ0v) is 16.3. The standard InChI is InChI=1S/C21H21NO5S/c1-26-15-8-3-2-7-14(15)18-17(19(23)16-9-5-11-28-16)20(24)21(25)22(18)12-13-6-4-10-27-13/h2-3,5,7-9,11,13,18,24H,4,6,10,12H2,1H3/t13-,18+/m0/s1. The monoisotopic (exact) mass is 399 g/mol. The molecular formula is C21H21NO5S. The van der Waals surface area contributed by atoms with E-state index in [9.17, 15) is 14.7 Å². The van der Waals surface area contributed by atoms with Crippen molar-refractivity contribution in [3.8, 4) is 5.75 Å². The summed E-state index contributed by atoms with van der Waals surface area (Å²) < 4.78 is 11.2. The number of carbonyl (C=O) groups excluding carboxylic acids is 2. The van der Waals surface area contributed by atoms with E-state index in [1.807, 2.05) is 18.2 Å². The van der Waals surface area contributed by atoms with Crippen molar-refractivity contribution in [2.45, 2.75) is 25.0 Å². The Bertz CT molecular complexity index is 915. The summed E-state index contributed by atoms with van der Waals surface area (Å²) in [4.78, 5) is 28.1. The molecule has 2 aliphatic heterocycles. The average Bonchev–Trinajstić information content (AvgIpc) is 3.46. The van der Waals surface area contributed by atoms with Gasteiger partial charge in [-0.15, -0.1) is 11.3 Å². The minimum Gasteiger partial charge on any atom is -0.503 e. The molecule has 0 bridgehead atoms. The largest absolute Gasteiger partial charge is 0.503 e. The Morgan fingerprint density at radius 3 is 2.82 bits per heavy atom. The number of hydrogen-bond donors (Lipinski definition) is 1. The van der Waals surface area contributed by atoms with Gasteiger partial charge >= 0.3 is 0 Å². The van der Waals surface area contributed by atoms with Crippen LogP contribution in [0, 0.1) is 0 Å². The minimum atomic E-state index is -0.720. The number of ether oxygens (including phenoxy) is 2. The molecule has 0 unspecified atom stereocenters. The van der Waals surface area contributed by atoms with Gasteiger partial charge in [-0.05, 0) is 30.4 Å². The molecule has 2 aliphatic rings. The van der Waals surface area contributed by atoms with E-state index in [1.54, 1.807) is 30.7 Å². The summed E-state index contributed by atoms with van der Waals surface area (Å²) in [5.74, 6) is -0.825. The number of nitrogens with zero attached hydrogens (tertiary/aromatic N) is 1. The van der Waals surface area contributed by atoms with Gasteiger partial charge in [0.25, 0.3) is 5.91 Å². The Labute approximate surface area is 167 Å². The highest BCUT2D eigenvalue weighted by molar-refractivity contribution is 7.12. The molecule has 1 N–H and O–H groups in total. The Balaban J connectivity index is 1.80. The number of rotatable bonds is 6. The van der Waals surface area contributed by atoms with Crippen molar-refractivity contribution in [3.05, 3.63) is 63.6 Å². The van der Waals surface area contributed by atoms with E-state index in [-0.39, 0.29) is 17.5 Å². The van der Waals surface area contributed by atoms with Crippen LogP contribution in [-0.4, -0.2) is 48.1 Å². The van der Waals surface area contributed by atoms with E-state index in [4.69, 9.17) is 9.47 Å². The molecule has 3 heterocycles. The van der Waals surface area contributed by atoms with Gasteiger partial charge in [0.2, 0.25) is 5.78 Å². The number of hydrogen-bond acceptors (Lipinski definition) is 6. The molecule has 1 amide bonds. The number of ketones is 1. The van der Waals surface area contributed by atoms with Gasteiger partial charge in [0, 0.05) is 18.7 Å². The minimum absolute atomic E-state index is 0.0925. The van der Waals surface area contributed by atoms with Crippen molar-refractivity contribution < 1.29 is 24.2 Å². The number of methoxy groups -OCH3 is 1. The first kappa shape index (κ1) is 18.7. The fraction of sp³-hybridized carbons (Fsp3) is 0.333. The smallest absolute Gasteiger partial charge is 0.290 e. The highest BCUT2D eigenvalue weighted by atomic mass is 32.1. The zero-order chi connectivity index (χ0) is 19.7. The number of thiophene rings is 1. The third kappa shape index (κ3) is 3.21. The normalized spacial score (nSPS) is 22.2. The van der Waals surface area contributed by atoms with Crippen LogP contribution < -0.4 is 4.74 Å². The molecule has 28 heavy (non-hydrogen) atoms. The van der Waals surface area contributed by atoms with E-state index in [0.29, 0.717) is 29.3 Å². The number of Topliss-reactive ketones (excluding diaryl/α,β-unsaturated/α-hetero) is 1. The van der Waals surface area contributed by atoms with Crippen molar-refractivity contribution in [2.24, 2.45) is 0 Å². The van der Waals surface area contributed by atoms with Gasteiger partial charge in [0.1, 0.15) is 5.75 Å². The number of para-hydroxylation sites is 1. The third-order valence-corrected chi connectivity index (χ3v) is 6.02. The molecule has 1 aromatic carbocycles. The van der Waals surface area contributed by atoms with Crippen LogP contribution in [0.15, 0.2) is 53.1 Å². The van der Waals surface area contributed by atoms with Crippen LogP contribution in [0.4, 0.5) is 0 Å². The molecule has 2 aromatic rings. The average molecular weight is 399 g/mol. The summed E-state index contributed by atoms with van der Waals surface area (Å²) in [6.07, 6.45) is 1.68. The highest BCUT2D eigenvalue weighted by Crippen LogP contribution is 2.43. The van der Waals surface area contributed by atoms with Gasteiger partial charge in [-0.1, -0.05) is 24.3 Å². The maximum atomic E-state index is 13.2. The predicted octanol–water partition coefficient (Wildman–Crippen LogP) is 3.51. The first-order chi connectivity index (χ1) is 13.6. The van der Waals surface area contributed by atoms with E-state index < -0.39 is 17.7 Å². The van der Waals surface area contributed by atoms with Gasteiger partial charge in [-0.2, -0.15) is 0 Å². The van der Waals surface area contributed by atoms with Gasteiger partial charge in [0.05, 0.1) is 29.7 Å². The van der Waals surface area contributed by atoms with Gasteiger partial charge in [-0.25, -0.2) is 0 Å². The van der Waals surface area contributed by atoms with Crippen molar-refractivity contribution in [2.75, 3.05) is 20.3 Å². The van der Waals surface area contributed by atoms with Crippen molar-refractivity contribution in [1.82, 2.24) is 4.90 Å². The molecular weight excluding hydrogens is 378 g/mol. The molecule has 1 saturated heterocycles. The van der Waals surface area contributed by atoms with E-state index in [0.717, 1.165) is 12.8 Å². The van der Waals surface area contributed by atoms with Crippen LogP contribution in [0.5, 0.6) is 5.75 Å². The summed E-state index contributed by atoms with van der Waals surface area (Å²) in [7, 11) is 1.55. The lowest BCUT2D eigenvalue weighted by molar-refractivity contribution is -0.131. The van der Waals surface area contributed by atoms with Crippen LogP contribution in [-0.2, 0) is 9.53 Å². The fourth-order valence-electron chi connectivity index (χ4n) is 3.84. The predicted molar refractivity (Wildman–Crippen MR) is 105 cm³/mol. The molecule has 0 saturated carbocycles. The molecule has 6 nitrogen and oxygen atoms in total. The summed E-state index contributed by atoms with van der Waals surface area (Å²) in [5, 5.41) is 12.5. The first-order valence-corrected chi connectivity index (χ1v) is 10.1. The number of aliphatic hydroxyl groups excluding tert-OH is 1. The van der Waals surface area contributed by atoms with Crippen molar-refractivity contribution in [1.29, 1.82) is 0 Å². The molecule has 0 aliphatic carbocycles. The second-order valence-electron chi connectivity index (χ2n) is 6.81. The highest BCUT2D eigenvalue weighted by Gasteiger charge is 2.45. The first-order valence-electron chi connectivity index (χ1n) is 9.18. The summed E-state index contributed by atoms with van der Waals surface area (Å²) in [5.41, 5.74) is 0.759. The maximum Gasteiger partial charge on any atom is 0.290 e. The number of benzene rings is 1. The lowest BCUT2D eigenvalue weighted by Crippen LogP contribution is -2.37. The number of carbonyl (C=O) groups is 2. The molecule has 4 rings (SSSR count). The van der Waals surface area contributed by atoms with Crippen molar-refractivity contribution in [3.63, 3.8) is 0 Å². The number of amides is 1. The number of aliphatic hydroxyl groups is 1. The second-order valence-corrected chi connectivity index (χ2v) is 7.75. The summed E-state index contributed by atoms with van der Waals surface area (Å²) in [6, 6.07) is 10.0. The summed E-state index contributed by atoms with van der Waals surface area (Å²) in [6.45, 7) is 0.971. The summed E-state index contributed by atoms with van der Waals surface area (Å²) >= 11 is 1.28. The second kappa shape index (κ2) is 7.77. The lowest BCUT2D eigenvalue weighted by atomic mass is 9.94. The van der Waals surface area contributed by atoms with Gasteiger partial charge in [-0.3, -0.25) is 9.59 Å². The van der Waals surface area contributed by atoms with Crippen LogP contribution >= 0.6 is 11.3 Å². The van der Waals surface area contributed by atoms with Crippen LogP contribution in [0.3, 0.4) is 0 Å². The topological polar surface area (TPSA) is 76.1 Å². The van der Waals surface area contributed by atoms with E-state index in [2.05, 4.69) is 0 Å². The molecule has 1 fully saturated rings. The van der Waals surface area contributed by atoms with E-state index in [1.165, 1.54) is 16.2 Å². The SMILES string of the molecule is COc1ccccc1[C@@H]1C(C(=O)c2cccs2)=C(O)C(=O)N1C[C@@H]1CCCO1. The maximum absolute atomic E-state index is 13.2. The Kier molecular flexibility index (Phi) is 5.19. The molecule has 7 heteroatoms. The van der Waals surface area contributed by atoms with Crippen LogP contribution in [0.25, 0.3) is 0 Å². The molecule has 0 spiro atoms. The Morgan fingerprint density at radius 1 is 1.32 bits per heavy atom. The Morgan fingerprint density at radius 2 is 2.14 bits per heavy atom. The molecule has 0 radical (unpaired) electrons. The Hall–Kier alpha value is -2.64. The van der Waals surface area contributed by atoms with Crippen LogP contribution in [0.1, 0.15) is 34.1 Å². The van der Waals surface area contributed by atoms with Crippen LogP contribution in [0.2, 0.25) is 0 Å². The van der Waals surface area contributed by atoms with Crippen molar-refractivity contribution >= 4 is 23.0 Å². The van der Waals surface area contributed by atoms with Gasteiger partial charge in [0.15, 0.2) is 5.76 Å². The zero-order valence-electron chi connectivity index (χ0n) is 15.5.